The van der Waals surface area contributed by atoms with Gasteiger partial charge in [-0.25, -0.2) is 0 Å². The summed E-state index contributed by atoms with van der Waals surface area (Å²) in [6.45, 7) is 7.03. The molecule has 116 valence electrons. The highest BCUT2D eigenvalue weighted by Gasteiger charge is 2.50. The van der Waals surface area contributed by atoms with Gasteiger partial charge in [-0.15, -0.1) is 0 Å². The maximum atomic E-state index is 12.4. The molecule has 0 radical (unpaired) electrons. The van der Waals surface area contributed by atoms with E-state index >= 15 is 0 Å². The summed E-state index contributed by atoms with van der Waals surface area (Å²) >= 11 is 0. The third-order valence-corrected chi connectivity index (χ3v) is 5.06. The predicted octanol–water partition coefficient (Wildman–Crippen LogP) is 1.70. The lowest BCUT2D eigenvalue weighted by atomic mass is 9.94. The normalized spacial score (nSPS) is 22.3. The van der Waals surface area contributed by atoms with Gasteiger partial charge >= 0.3 is 0 Å². The molecule has 20 heavy (non-hydrogen) atoms. The van der Waals surface area contributed by atoms with E-state index in [4.69, 9.17) is 5.73 Å². The highest BCUT2D eigenvalue weighted by molar-refractivity contribution is 5.85. The van der Waals surface area contributed by atoms with Crippen LogP contribution >= 0.6 is 0 Å². The molecule has 2 fully saturated rings. The molecule has 1 saturated carbocycles. The molecule has 4 heteroatoms. The van der Waals surface area contributed by atoms with Gasteiger partial charge in [-0.1, -0.05) is 13.3 Å². The fourth-order valence-corrected chi connectivity index (χ4v) is 3.27. The number of nitrogens with zero attached hydrogens (tertiary/aromatic N) is 2. The van der Waals surface area contributed by atoms with E-state index in [0.29, 0.717) is 12.5 Å². The van der Waals surface area contributed by atoms with E-state index in [-0.39, 0.29) is 5.41 Å². The third-order valence-electron chi connectivity index (χ3n) is 5.06. The number of carbonyl (C=O) groups excluding carboxylic acids is 1. The van der Waals surface area contributed by atoms with Crippen LogP contribution in [0, 0.1) is 11.3 Å². The van der Waals surface area contributed by atoms with Crippen LogP contribution in [0.15, 0.2) is 0 Å². The number of amides is 1. The van der Waals surface area contributed by atoms with Crippen molar-refractivity contribution in [1.29, 1.82) is 0 Å². The summed E-state index contributed by atoms with van der Waals surface area (Å²) < 4.78 is 0. The van der Waals surface area contributed by atoms with Crippen molar-refractivity contribution in [1.82, 2.24) is 9.80 Å². The van der Waals surface area contributed by atoms with Gasteiger partial charge in [0, 0.05) is 26.2 Å². The van der Waals surface area contributed by atoms with Crippen LogP contribution in [0.25, 0.3) is 0 Å². The van der Waals surface area contributed by atoms with Gasteiger partial charge in [-0.3, -0.25) is 4.79 Å². The predicted molar refractivity (Wildman–Crippen MR) is 82.4 cm³/mol. The van der Waals surface area contributed by atoms with E-state index in [0.717, 1.165) is 44.7 Å². The van der Waals surface area contributed by atoms with E-state index < -0.39 is 0 Å². The Balaban J connectivity index is 1.71. The molecule has 4 nitrogen and oxygen atoms in total. The van der Waals surface area contributed by atoms with E-state index in [2.05, 4.69) is 23.8 Å². The number of hydrogen-bond acceptors (Lipinski definition) is 3. The third kappa shape index (κ3) is 3.73. The Hall–Kier alpha value is -0.610. The second kappa shape index (κ2) is 6.90. The molecule has 1 saturated heterocycles. The standard InChI is InChI=1S/C16H31N3O/c1-3-4-9-18(2)12-14-5-10-19(11-6-14)15(20)16(13-17)7-8-16/h14H,3-13,17H2,1-2H3. The van der Waals surface area contributed by atoms with Crippen LogP contribution in [-0.4, -0.2) is 55.5 Å². The second-order valence-corrected chi connectivity index (χ2v) is 6.84. The lowest BCUT2D eigenvalue weighted by molar-refractivity contribution is -0.138. The molecular weight excluding hydrogens is 250 g/mol. The molecule has 0 bridgehead atoms. The van der Waals surface area contributed by atoms with Crippen LogP contribution in [0.2, 0.25) is 0 Å². The molecule has 0 aromatic carbocycles. The summed E-state index contributed by atoms with van der Waals surface area (Å²) in [7, 11) is 2.22. The Bertz CT molecular complexity index is 320. The second-order valence-electron chi connectivity index (χ2n) is 6.84. The fraction of sp³-hybridized carbons (Fsp3) is 0.938. The van der Waals surface area contributed by atoms with Crippen LogP contribution in [0.1, 0.15) is 45.4 Å². The van der Waals surface area contributed by atoms with Gasteiger partial charge < -0.3 is 15.5 Å². The number of likely N-dealkylation sites (tertiary alicyclic amines) is 1. The molecule has 0 aromatic heterocycles. The number of unbranched alkanes of at least 4 members (excludes halogenated alkanes) is 1. The highest BCUT2D eigenvalue weighted by atomic mass is 16.2. The molecule has 0 unspecified atom stereocenters. The Labute approximate surface area is 123 Å². The minimum atomic E-state index is -0.162. The van der Waals surface area contributed by atoms with Crippen molar-refractivity contribution in [3.8, 4) is 0 Å². The quantitative estimate of drug-likeness (QED) is 0.772. The molecule has 0 spiro atoms. The van der Waals surface area contributed by atoms with Gasteiger partial charge in [0.1, 0.15) is 0 Å². The molecule has 1 amide bonds. The average Bonchev–Trinajstić information content (AvgIpc) is 3.26. The Morgan fingerprint density at radius 1 is 1.35 bits per heavy atom. The van der Waals surface area contributed by atoms with E-state index in [1.807, 2.05) is 0 Å². The van der Waals surface area contributed by atoms with Crippen LogP contribution in [-0.2, 0) is 4.79 Å². The van der Waals surface area contributed by atoms with Crippen molar-refractivity contribution in [2.24, 2.45) is 17.1 Å². The zero-order valence-corrected chi connectivity index (χ0v) is 13.2. The van der Waals surface area contributed by atoms with Crippen molar-refractivity contribution >= 4 is 5.91 Å². The zero-order chi connectivity index (χ0) is 14.6. The first-order valence-electron chi connectivity index (χ1n) is 8.29. The van der Waals surface area contributed by atoms with E-state index in [9.17, 15) is 4.79 Å². The largest absolute Gasteiger partial charge is 0.342 e. The number of nitrogens with two attached hydrogens (primary N) is 1. The first-order valence-corrected chi connectivity index (χ1v) is 8.29. The van der Waals surface area contributed by atoms with Gasteiger partial charge in [0.15, 0.2) is 0 Å². The minimum absolute atomic E-state index is 0.162. The molecule has 1 aliphatic heterocycles. The first-order chi connectivity index (χ1) is 9.61. The van der Waals surface area contributed by atoms with Crippen LogP contribution in [0.5, 0.6) is 0 Å². The van der Waals surface area contributed by atoms with Gasteiger partial charge in [0.2, 0.25) is 5.91 Å². The van der Waals surface area contributed by atoms with Crippen molar-refractivity contribution in [3.63, 3.8) is 0 Å². The summed E-state index contributed by atoms with van der Waals surface area (Å²) in [5.74, 6) is 1.09. The molecular formula is C16H31N3O. The van der Waals surface area contributed by atoms with Gasteiger partial charge in [0.25, 0.3) is 0 Å². The van der Waals surface area contributed by atoms with E-state index in [1.54, 1.807) is 0 Å². The Morgan fingerprint density at radius 2 is 2.00 bits per heavy atom. The first kappa shape index (κ1) is 15.8. The van der Waals surface area contributed by atoms with Crippen LogP contribution in [0.3, 0.4) is 0 Å². The highest BCUT2D eigenvalue weighted by Crippen LogP contribution is 2.46. The molecule has 1 heterocycles. The summed E-state index contributed by atoms with van der Waals surface area (Å²) in [5, 5.41) is 0. The SMILES string of the molecule is CCCCN(C)CC1CCN(C(=O)C2(CN)CC2)CC1. The summed E-state index contributed by atoms with van der Waals surface area (Å²) in [4.78, 5) is 16.9. The van der Waals surface area contributed by atoms with Crippen molar-refractivity contribution in [3.05, 3.63) is 0 Å². The minimum Gasteiger partial charge on any atom is -0.342 e. The van der Waals surface area contributed by atoms with Crippen LogP contribution < -0.4 is 5.73 Å². The summed E-state index contributed by atoms with van der Waals surface area (Å²) in [6, 6.07) is 0. The van der Waals surface area contributed by atoms with Crippen molar-refractivity contribution in [2.45, 2.75) is 45.4 Å². The van der Waals surface area contributed by atoms with Gasteiger partial charge in [-0.05, 0) is 51.6 Å². The molecule has 2 N–H and O–H groups in total. The van der Waals surface area contributed by atoms with Gasteiger partial charge in [0.05, 0.1) is 5.41 Å². The Kier molecular flexibility index (Phi) is 5.44. The molecule has 0 aromatic rings. The van der Waals surface area contributed by atoms with Crippen LogP contribution in [0.4, 0.5) is 0 Å². The maximum absolute atomic E-state index is 12.4. The summed E-state index contributed by atoms with van der Waals surface area (Å²) in [6.07, 6.45) is 6.86. The Morgan fingerprint density at radius 3 is 2.50 bits per heavy atom. The molecule has 2 rings (SSSR count). The number of rotatable bonds is 7. The average molecular weight is 281 g/mol. The number of hydrogen-bond donors (Lipinski definition) is 1. The number of piperidine rings is 1. The monoisotopic (exact) mass is 281 g/mol. The van der Waals surface area contributed by atoms with Crippen molar-refractivity contribution < 1.29 is 4.79 Å². The molecule has 0 atom stereocenters. The fourth-order valence-electron chi connectivity index (χ4n) is 3.27. The maximum Gasteiger partial charge on any atom is 0.230 e. The smallest absolute Gasteiger partial charge is 0.230 e. The lowest BCUT2D eigenvalue weighted by Crippen LogP contribution is -2.46. The lowest BCUT2D eigenvalue weighted by Gasteiger charge is -2.35. The van der Waals surface area contributed by atoms with E-state index in [1.165, 1.54) is 25.9 Å². The molecule has 1 aliphatic carbocycles. The topological polar surface area (TPSA) is 49.6 Å². The summed E-state index contributed by atoms with van der Waals surface area (Å²) in [5.41, 5.74) is 5.60. The number of carbonyl (C=O) groups is 1. The zero-order valence-electron chi connectivity index (χ0n) is 13.2. The molecule has 2 aliphatic rings. The van der Waals surface area contributed by atoms with Crippen molar-refractivity contribution in [2.75, 3.05) is 39.8 Å². The van der Waals surface area contributed by atoms with Gasteiger partial charge in [-0.2, -0.15) is 0 Å².